The molecule has 0 saturated carbocycles. The van der Waals surface area contributed by atoms with Crippen molar-refractivity contribution in [2.24, 2.45) is 0 Å². The number of hydrogen-bond acceptors (Lipinski definition) is 4. The Hall–Kier alpha value is -2.86. The summed E-state index contributed by atoms with van der Waals surface area (Å²) < 4.78 is 5.16. The second-order valence-electron chi connectivity index (χ2n) is 6.24. The van der Waals surface area contributed by atoms with Gasteiger partial charge in [0.05, 0.1) is 13.7 Å². The van der Waals surface area contributed by atoms with Crippen molar-refractivity contribution >= 4 is 17.5 Å². The van der Waals surface area contributed by atoms with Crippen molar-refractivity contribution in [3.63, 3.8) is 0 Å². The molecule has 26 heavy (non-hydrogen) atoms. The number of benzene rings is 2. The maximum atomic E-state index is 12.6. The van der Waals surface area contributed by atoms with Crippen LogP contribution in [0.5, 0.6) is 5.75 Å². The number of carbonyl (C=O) groups is 2. The largest absolute Gasteiger partial charge is 0.497 e. The SMILES string of the molecule is COc1cccc(NC(=O)CN(C)[C@H](C(=O)N(C)C)c2ccccc2)c1. The van der Waals surface area contributed by atoms with Gasteiger partial charge in [-0.15, -0.1) is 0 Å². The van der Waals surface area contributed by atoms with Gasteiger partial charge in [0, 0.05) is 25.8 Å². The Morgan fingerprint density at radius 2 is 1.73 bits per heavy atom. The number of carbonyl (C=O) groups excluding carboxylic acids is 2. The van der Waals surface area contributed by atoms with E-state index in [2.05, 4.69) is 5.32 Å². The van der Waals surface area contributed by atoms with Crippen LogP contribution in [0.3, 0.4) is 0 Å². The summed E-state index contributed by atoms with van der Waals surface area (Å²) in [5, 5.41) is 2.84. The highest BCUT2D eigenvalue weighted by Gasteiger charge is 2.27. The second kappa shape index (κ2) is 9.01. The molecule has 0 aromatic heterocycles. The smallest absolute Gasteiger partial charge is 0.244 e. The zero-order valence-corrected chi connectivity index (χ0v) is 15.6. The first-order valence-corrected chi connectivity index (χ1v) is 8.32. The van der Waals surface area contributed by atoms with Crippen LogP contribution in [0.1, 0.15) is 11.6 Å². The highest BCUT2D eigenvalue weighted by Crippen LogP contribution is 2.22. The Kier molecular flexibility index (Phi) is 6.74. The number of methoxy groups -OCH3 is 1. The fourth-order valence-electron chi connectivity index (χ4n) is 2.68. The molecular formula is C20H25N3O3. The third-order valence-corrected chi connectivity index (χ3v) is 3.98. The lowest BCUT2D eigenvalue weighted by Crippen LogP contribution is -2.41. The topological polar surface area (TPSA) is 61.9 Å². The van der Waals surface area contributed by atoms with Gasteiger partial charge in [-0.05, 0) is 24.7 Å². The third-order valence-electron chi connectivity index (χ3n) is 3.98. The summed E-state index contributed by atoms with van der Waals surface area (Å²) in [5.74, 6) is 0.391. The first-order chi connectivity index (χ1) is 12.4. The molecule has 0 aliphatic heterocycles. The molecule has 1 atom stereocenters. The van der Waals surface area contributed by atoms with Gasteiger partial charge in [-0.3, -0.25) is 14.5 Å². The zero-order valence-electron chi connectivity index (χ0n) is 15.6. The minimum absolute atomic E-state index is 0.0760. The van der Waals surface area contributed by atoms with Crippen molar-refractivity contribution in [3.8, 4) is 5.75 Å². The normalized spacial score (nSPS) is 11.7. The summed E-state index contributed by atoms with van der Waals surface area (Å²) >= 11 is 0. The first kappa shape index (κ1) is 19.5. The fraction of sp³-hybridized carbons (Fsp3) is 0.300. The van der Waals surface area contributed by atoms with Gasteiger partial charge in [-0.2, -0.15) is 0 Å². The van der Waals surface area contributed by atoms with Crippen LogP contribution >= 0.6 is 0 Å². The van der Waals surface area contributed by atoms with Crippen molar-refractivity contribution in [2.45, 2.75) is 6.04 Å². The van der Waals surface area contributed by atoms with Crippen LogP contribution in [-0.4, -0.2) is 56.4 Å². The van der Waals surface area contributed by atoms with Gasteiger partial charge in [0.2, 0.25) is 11.8 Å². The minimum atomic E-state index is -0.526. The van der Waals surface area contributed by atoms with E-state index in [4.69, 9.17) is 4.74 Å². The quantitative estimate of drug-likeness (QED) is 0.828. The summed E-state index contributed by atoms with van der Waals surface area (Å²) in [7, 11) is 6.76. The van der Waals surface area contributed by atoms with E-state index in [9.17, 15) is 9.59 Å². The Morgan fingerprint density at radius 1 is 1.04 bits per heavy atom. The molecule has 2 amide bonds. The highest BCUT2D eigenvalue weighted by molar-refractivity contribution is 5.93. The molecule has 0 aliphatic rings. The summed E-state index contributed by atoms with van der Waals surface area (Å²) in [6, 6.07) is 16.1. The monoisotopic (exact) mass is 355 g/mol. The molecule has 0 aliphatic carbocycles. The van der Waals surface area contributed by atoms with E-state index in [0.717, 1.165) is 5.56 Å². The lowest BCUT2D eigenvalue weighted by Gasteiger charge is -2.29. The lowest BCUT2D eigenvalue weighted by molar-refractivity contribution is -0.134. The van der Waals surface area contributed by atoms with Crippen molar-refractivity contribution in [2.75, 3.05) is 40.1 Å². The maximum absolute atomic E-state index is 12.6. The van der Waals surface area contributed by atoms with Crippen LogP contribution < -0.4 is 10.1 Å². The molecule has 0 bridgehead atoms. The number of nitrogens with one attached hydrogen (secondary N) is 1. The number of rotatable bonds is 7. The molecule has 0 radical (unpaired) electrons. The summed E-state index contributed by atoms with van der Waals surface area (Å²) in [4.78, 5) is 28.4. The molecule has 0 heterocycles. The van der Waals surface area contributed by atoms with Gasteiger partial charge in [-0.1, -0.05) is 36.4 Å². The van der Waals surface area contributed by atoms with Crippen molar-refractivity contribution < 1.29 is 14.3 Å². The molecule has 2 rings (SSSR count). The second-order valence-corrected chi connectivity index (χ2v) is 6.24. The Morgan fingerprint density at radius 3 is 2.35 bits per heavy atom. The van der Waals surface area contributed by atoms with E-state index in [0.29, 0.717) is 11.4 Å². The van der Waals surface area contributed by atoms with E-state index in [1.807, 2.05) is 36.4 Å². The van der Waals surface area contributed by atoms with Gasteiger partial charge in [0.15, 0.2) is 0 Å². The molecule has 0 spiro atoms. The molecule has 0 fully saturated rings. The van der Waals surface area contributed by atoms with Crippen molar-refractivity contribution in [1.82, 2.24) is 9.80 Å². The Labute approximate surface area is 154 Å². The number of ether oxygens (including phenoxy) is 1. The van der Waals surface area contributed by atoms with Crippen LogP contribution in [-0.2, 0) is 9.59 Å². The molecular weight excluding hydrogens is 330 g/mol. The minimum Gasteiger partial charge on any atom is -0.497 e. The maximum Gasteiger partial charge on any atom is 0.244 e. The van der Waals surface area contributed by atoms with E-state index in [1.165, 1.54) is 4.90 Å². The van der Waals surface area contributed by atoms with E-state index >= 15 is 0 Å². The Bertz CT molecular complexity index is 747. The molecule has 0 saturated heterocycles. The first-order valence-electron chi connectivity index (χ1n) is 8.32. The molecule has 2 aromatic rings. The average molecular weight is 355 g/mol. The third kappa shape index (κ3) is 5.07. The molecule has 6 heteroatoms. The number of likely N-dealkylation sites (N-methyl/N-ethyl adjacent to an activating group) is 2. The number of hydrogen-bond donors (Lipinski definition) is 1. The summed E-state index contributed by atoms with van der Waals surface area (Å²) in [6.45, 7) is 0.0797. The molecule has 1 N–H and O–H groups in total. The highest BCUT2D eigenvalue weighted by atomic mass is 16.5. The van der Waals surface area contributed by atoms with E-state index < -0.39 is 6.04 Å². The van der Waals surface area contributed by atoms with Crippen LogP contribution in [0.2, 0.25) is 0 Å². The molecule has 138 valence electrons. The van der Waals surface area contributed by atoms with Gasteiger partial charge in [0.25, 0.3) is 0 Å². The predicted molar refractivity (Wildman–Crippen MR) is 102 cm³/mol. The van der Waals surface area contributed by atoms with Crippen LogP contribution in [0.15, 0.2) is 54.6 Å². The fourth-order valence-corrected chi connectivity index (χ4v) is 2.68. The van der Waals surface area contributed by atoms with Gasteiger partial charge in [0.1, 0.15) is 11.8 Å². The van der Waals surface area contributed by atoms with Gasteiger partial charge in [-0.25, -0.2) is 0 Å². The molecule has 0 unspecified atom stereocenters. The van der Waals surface area contributed by atoms with E-state index in [-0.39, 0.29) is 18.4 Å². The number of nitrogens with zero attached hydrogens (tertiary/aromatic N) is 2. The average Bonchev–Trinajstić information content (AvgIpc) is 2.62. The van der Waals surface area contributed by atoms with Crippen LogP contribution in [0.25, 0.3) is 0 Å². The Balaban J connectivity index is 2.11. The molecule has 2 aromatic carbocycles. The number of anilines is 1. The zero-order chi connectivity index (χ0) is 19.1. The van der Waals surface area contributed by atoms with Crippen LogP contribution in [0, 0.1) is 0 Å². The van der Waals surface area contributed by atoms with Crippen molar-refractivity contribution in [3.05, 3.63) is 60.2 Å². The summed E-state index contributed by atoms with van der Waals surface area (Å²) in [5.41, 5.74) is 1.50. The van der Waals surface area contributed by atoms with Gasteiger partial charge < -0.3 is 15.0 Å². The van der Waals surface area contributed by atoms with Gasteiger partial charge >= 0.3 is 0 Å². The standard InChI is InChI=1S/C20H25N3O3/c1-22(2)20(25)19(15-9-6-5-7-10-15)23(3)14-18(24)21-16-11-8-12-17(13-16)26-4/h5-13,19H,14H2,1-4H3,(H,21,24)/t19-/m0/s1. The predicted octanol–water partition coefficient (Wildman–Crippen LogP) is 2.39. The van der Waals surface area contributed by atoms with E-state index in [1.54, 1.807) is 51.4 Å². The molecule has 6 nitrogen and oxygen atoms in total. The lowest BCUT2D eigenvalue weighted by atomic mass is 10.0. The number of amides is 2. The van der Waals surface area contributed by atoms with Crippen molar-refractivity contribution in [1.29, 1.82) is 0 Å². The van der Waals surface area contributed by atoms with Crippen LogP contribution in [0.4, 0.5) is 5.69 Å². The summed E-state index contributed by atoms with van der Waals surface area (Å²) in [6.07, 6.45) is 0.